The molecule has 1 atom stereocenters. The van der Waals surface area contributed by atoms with Crippen molar-refractivity contribution in [3.8, 4) is 0 Å². The molecule has 2 N–H and O–H groups in total. The van der Waals surface area contributed by atoms with Gasteiger partial charge in [0.2, 0.25) is 0 Å². The Balaban J connectivity index is 1.48. The Labute approximate surface area is 176 Å². The second kappa shape index (κ2) is 8.36. The van der Waals surface area contributed by atoms with Crippen molar-refractivity contribution in [3.05, 3.63) is 59.2 Å². The minimum Gasteiger partial charge on any atom is -0.478 e. The van der Waals surface area contributed by atoms with Crippen molar-refractivity contribution in [2.75, 3.05) is 50.5 Å². The van der Waals surface area contributed by atoms with E-state index >= 15 is 0 Å². The highest BCUT2D eigenvalue weighted by molar-refractivity contribution is 5.90. The van der Waals surface area contributed by atoms with Crippen LogP contribution >= 0.6 is 0 Å². The van der Waals surface area contributed by atoms with E-state index in [1.807, 2.05) is 36.2 Å². The number of anilines is 2. The van der Waals surface area contributed by atoms with Crippen LogP contribution in [0.25, 0.3) is 0 Å². The van der Waals surface area contributed by atoms with E-state index in [-0.39, 0.29) is 12.1 Å². The van der Waals surface area contributed by atoms with Crippen LogP contribution < -0.4 is 10.2 Å². The lowest BCUT2D eigenvalue weighted by Gasteiger charge is -2.37. The van der Waals surface area contributed by atoms with E-state index in [1.54, 1.807) is 12.1 Å². The fraction of sp³-hybridized carbons (Fsp3) is 0.391. The summed E-state index contributed by atoms with van der Waals surface area (Å²) in [6, 6.07) is 13.5. The molecule has 0 spiro atoms. The van der Waals surface area contributed by atoms with Crippen LogP contribution in [0.3, 0.4) is 0 Å². The summed E-state index contributed by atoms with van der Waals surface area (Å²) in [6.45, 7) is 3.26. The number of rotatable bonds is 3. The molecule has 2 aliphatic rings. The first-order chi connectivity index (χ1) is 14.4. The maximum Gasteiger partial charge on any atom is 0.335 e. The zero-order valence-corrected chi connectivity index (χ0v) is 17.5. The molecule has 158 valence electrons. The number of carbonyl (C=O) groups is 2. The summed E-state index contributed by atoms with van der Waals surface area (Å²) in [5.41, 5.74) is 4.39. The Hall–Kier alpha value is -3.06. The van der Waals surface area contributed by atoms with Crippen LogP contribution in [-0.4, -0.2) is 67.2 Å². The summed E-state index contributed by atoms with van der Waals surface area (Å²) in [7, 11) is 4.11. The molecule has 1 saturated heterocycles. The number of fused-ring (bicyclic) bond motifs is 1. The summed E-state index contributed by atoms with van der Waals surface area (Å²) < 4.78 is 0. The smallest absolute Gasteiger partial charge is 0.335 e. The second-order valence-corrected chi connectivity index (χ2v) is 8.16. The predicted molar refractivity (Wildman–Crippen MR) is 117 cm³/mol. The Morgan fingerprint density at radius 3 is 2.53 bits per heavy atom. The number of aromatic carboxylic acids is 1. The summed E-state index contributed by atoms with van der Waals surface area (Å²) in [5.74, 6) is -0.897. The number of piperazine rings is 1. The number of benzene rings is 2. The van der Waals surface area contributed by atoms with Crippen molar-refractivity contribution in [3.63, 3.8) is 0 Å². The third-order valence-corrected chi connectivity index (χ3v) is 6.17. The second-order valence-electron chi connectivity index (χ2n) is 8.16. The molecule has 2 aromatic carbocycles. The largest absolute Gasteiger partial charge is 0.478 e. The first kappa shape index (κ1) is 20.2. The minimum absolute atomic E-state index is 0.0520. The van der Waals surface area contributed by atoms with Crippen molar-refractivity contribution in [1.82, 2.24) is 9.80 Å². The van der Waals surface area contributed by atoms with Gasteiger partial charge in [0.1, 0.15) is 0 Å². The molecule has 0 aliphatic carbocycles. The zero-order chi connectivity index (χ0) is 21.3. The summed E-state index contributed by atoms with van der Waals surface area (Å²) >= 11 is 0. The maximum atomic E-state index is 12.6. The van der Waals surface area contributed by atoms with Crippen molar-refractivity contribution in [2.24, 2.45) is 0 Å². The molecule has 1 fully saturated rings. The number of urea groups is 1. The first-order valence-corrected chi connectivity index (χ1v) is 10.4. The number of carboxylic acids is 1. The fourth-order valence-electron chi connectivity index (χ4n) is 4.34. The van der Waals surface area contributed by atoms with E-state index in [2.05, 4.69) is 28.2 Å². The Morgan fingerprint density at radius 2 is 1.80 bits per heavy atom. The van der Waals surface area contributed by atoms with Gasteiger partial charge in [-0.15, -0.1) is 0 Å². The van der Waals surface area contributed by atoms with Crippen LogP contribution in [0.1, 0.15) is 33.9 Å². The monoisotopic (exact) mass is 408 g/mol. The van der Waals surface area contributed by atoms with Crippen LogP contribution in [0.4, 0.5) is 16.2 Å². The molecule has 4 rings (SSSR count). The molecule has 0 bridgehead atoms. The number of nitrogens with one attached hydrogen (secondary N) is 1. The number of aryl methyl sites for hydroxylation is 1. The standard InChI is InChI=1S/C23H28N4O3/c1-25-10-12-27(13-11-25)23(30)24-19-5-3-4-16(15-19)20-8-6-17-14-18(22(28)29)7-9-21(17)26(20)2/h3-5,7,9,14-15,20H,6,8,10-13H2,1-2H3,(H,24,30)(H,28,29). The lowest BCUT2D eigenvalue weighted by Crippen LogP contribution is -2.48. The van der Waals surface area contributed by atoms with Crippen molar-refractivity contribution in [2.45, 2.75) is 18.9 Å². The predicted octanol–water partition coefficient (Wildman–Crippen LogP) is 3.29. The lowest BCUT2D eigenvalue weighted by molar-refractivity contribution is 0.0696. The van der Waals surface area contributed by atoms with E-state index in [4.69, 9.17) is 0 Å². The third kappa shape index (κ3) is 4.11. The van der Waals surface area contributed by atoms with Crippen LogP contribution in [-0.2, 0) is 6.42 Å². The average Bonchev–Trinajstić information content (AvgIpc) is 2.74. The summed E-state index contributed by atoms with van der Waals surface area (Å²) in [5, 5.41) is 12.3. The summed E-state index contributed by atoms with van der Waals surface area (Å²) in [4.78, 5) is 30.2. The quantitative estimate of drug-likeness (QED) is 0.815. The highest BCUT2D eigenvalue weighted by Gasteiger charge is 2.26. The van der Waals surface area contributed by atoms with Gasteiger partial charge < -0.3 is 25.1 Å². The molecule has 7 heteroatoms. The molecule has 2 aromatic rings. The van der Waals surface area contributed by atoms with Crippen LogP contribution in [0, 0.1) is 0 Å². The van der Waals surface area contributed by atoms with Crippen molar-refractivity contribution in [1.29, 1.82) is 0 Å². The number of likely N-dealkylation sites (N-methyl/N-ethyl adjacent to an activating group) is 1. The van der Waals surface area contributed by atoms with Gasteiger partial charge in [-0.25, -0.2) is 9.59 Å². The number of hydrogen-bond acceptors (Lipinski definition) is 4. The van der Waals surface area contributed by atoms with E-state index < -0.39 is 5.97 Å². The number of nitrogens with zero attached hydrogens (tertiary/aromatic N) is 3. The molecular weight excluding hydrogens is 380 g/mol. The number of hydrogen-bond donors (Lipinski definition) is 2. The molecule has 1 unspecified atom stereocenters. The van der Waals surface area contributed by atoms with Crippen molar-refractivity contribution >= 4 is 23.4 Å². The molecule has 0 saturated carbocycles. The first-order valence-electron chi connectivity index (χ1n) is 10.4. The average molecular weight is 409 g/mol. The van der Waals surface area contributed by atoms with Crippen LogP contribution in [0.2, 0.25) is 0 Å². The Morgan fingerprint density at radius 1 is 1.03 bits per heavy atom. The Bertz CT molecular complexity index is 953. The van der Waals surface area contributed by atoms with Crippen LogP contribution in [0.15, 0.2) is 42.5 Å². The van der Waals surface area contributed by atoms with Gasteiger partial charge in [0.05, 0.1) is 11.6 Å². The lowest BCUT2D eigenvalue weighted by atomic mass is 9.90. The molecule has 0 aromatic heterocycles. The normalized spacial score (nSPS) is 19.3. The summed E-state index contributed by atoms with van der Waals surface area (Å²) in [6.07, 6.45) is 1.71. The van der Waals surface area contributed by atoms with E-state index in [9.17, 15) is 14.7 Å². The zero-order valence-electron chi connectivity index (χ0n) is 17.5. The molecule has 7 nitrogen and oxygen atoms in total. The van der Waals surface area contributed by atoms with Gasteiger partial charge in [-0.05, 0) is 61.3 Å². The molecule has 2 aliphatic heterocycles. The Kier molecular flexibility index (Phi) is 5.63. The molecule has 2 amide bonds. The van der Waals surface area contributed by atoms with E-state index in [1.165, 1.54) is 0 Å². The highest BCUT2D eigenvalue weighted by Crippen LogP contribution is 2.38. The number of carboxylic acid groups (broad SMARTS) is 1. The molecule has 0 radical (unpaired) electrons. The molecular formula is C23H28N4O3. The topological polar surface area (TPSA) is 76.1 Å². The third-order valence-electron chi connectivity index (χ3n) is 6.17. The minimum atomic E-state index is -0.897. The highest BCUT2D eigenvalue weighted by atomic mass is 16.4. The molecule has 2 heterocycles. The van der Waals surface area contributed by atoms with E-state index in [0.29, 0.717) is 5.56 Å². The van der Waals surface area contributed by atoms with E-state index in [0.717, 1.165) is 61.5 Å². The SMILES string of the molecule is CN1CCN(C(=O)Nc2cccc(C3CCc4cc(C(=O)O)ccc4N3C)c2)CC1. The maximum absolute atomic E-state index is 12.6. The van der Waals surface area contributed by atoms with Gasteiger partial charge in [-0.2, -0.15) is 0 Å². The van der Waals surface area contributed by atoms with Gasteiger partial charge in [0.15, 0.2) is 0 Å². The van der Waals surface area contributed by atoms with Gasteiger partial charge in [0.25, 0.3) is 0 Å². The van der Waals surface area contributed by atoms with Gasteiger partial charge in [-0.1, -0.05) is 12.1 Å². The van der Waals surface area contributed by atoms with Crippen molar-refractivity contribution < 1.29 is 14.7 Å². The fourth-order valence-corrected chi connectivity index (χ4v) is 4.34. The van der Waals surface area contributed by atoms with Gasteiger partial charge in [-0.3, -0.25) is 0 Å². The van der Waals surface area contributed by atoms with Gasteiger partial charge in [0, 0.05) is 44.6 Å². The van der Waals surface area contributed by atoms with Gasteiger partial charge >= 0.3 is 12.0 Å². The van der Waals surface area contributed by atoms with Crippen LogP contribution in [0.5, 0.6) is 0 Å². The molecule has 30 heavy (non-hydrogen) atoms. The number of amides is 2. The number of carbonyl (C=O) groups excluding carboxylic acids is 1.